The summed E-state index contributed by atoms with van der Waals surface area (Å²) in [4.78, 5) is 26.7. The lowest BCUT2D eigenvalue weighted by atomic mass is 10.4. The van der Waals surface area contributed by atoms with Crippen LogP contribution >= 0.6 is 7.60 Å². The molecule has 70 valence electrons. The normalized spacial score (nSPS) is 11.2. The summed E-state index contributed by atoms with van der Waals surface area (Å²) in [6.45, 7) is 3.27. The highest BCUT2D eigenvalue weighted by atomic mass is 31.2. The summed E-state index contributed by atoms with van der Waals surface area (Å²) < 4.78 is 15.0. The average Bonchev–Trinajstić information content (AvgIpc) is 1.96. The fourth-order valence-corrected chi connectivity index (χ4v) is 0.788. The molecule has 0 heterocycles. The van der Waals surface area contributed by atoms with Crippen LogP contribution in [0.3, 0.4) is 0 Å². The van der Waals surface area contributed by atoms with Crippen molar-refractivity contribution in [2.75, 3.05) is 19.4 Å². The van der Waals surface area contributed by atoms with Gasteiger partial charge in [-0.3, -0.25) is 9.36 Å². The van der Waals surface area contributed by atoms with Crippen molar-refractivity contribution in [3.8, 4) is 0 Å². The lowest BCUT2D eigenvalue weighted by Crippen LogP contribution is -2.04. The summed E-state index contributed by atoms with van der Waals surface area (Å²) in [5.74, 6) is 0. The Balaban J connectivity index is 3.40. The average molecular weight is 194 g/mol. The molecule has 12 heavy (non-hydrogen) atoms. The highest BCUT2D eigenvalue weighted by Gasteiger charge is 2.11. The van der Waals surface area contributed by atoms with Crippen LogP contribution in [0.1, 0.15) is 0 Å². The van der Waals surface area contributed by atoms with Gasteiger partial charge in [0.25, 0.3) is 0 Å². The molecule has 0 saturated carbocycles. The maximum absolute atomic E-state index is 10.3. The van der Waals surface area contributed by atoms with Crippen molar-refractivity contribution in [2.24, 2.45) is 0 Å². The molecule has 0 bridgehead atoms. The minimum Gasteiger partial charge on any atom is -0.376 e. The Morgan fingerprint density at radius 1 is 1.58 bits per heavy atom. The molecule has 0 amide bonds. The zero-order chi connectivity index (χ0) is 9.61. The molecule has 0 rings (SSSR count). The molecule has 0 saturated heterocycles. The van der Waals surface area contributed by atoms with Gasteiger partial charge in [0, 0.05) is 5.57 Å². The first-order chi connectivity index (χ1) is 5.45. The quantitative estimate of drug-likeness (QED) is 0.268. The Morgan fingerprint density at radius 3 is 2.58 bits per heavy atom. The number of aldehydes is 1. The SMILES string of the molecule is C=C(C=O)COCCP(=O)(O)O. The van der Waals surface area contributed by atoms with Gasteiger partial charge >= 0.3 is 7.60 Å². The second kappa shape index (κ2) is 5.22. The highest BCUT2D eigenvalue weighted by Crippen LogP contribution is 2.33. The molecular weight excluding hydrogens is 183 g/mol. The van der Waals surface area contributed by atoms with Gasteiger partial charge in [-0.05, 0) is 0 Å². The first kappa shape index (κ1) is 11.5. The number of carbonyl (C=O) groups is 1. The molecule has 0 aliphatic rings. The van der Waals surface area contributed by atoms with Crippen molar-refractivity contribution in [3.63, 3.8) is 0 Å². The van der Waals surface area contributed by atoms with E-state index in [0.717, 1.165) is 0 Å². The molecule has 0 aromatic heterocycles. The van der Waals surface area contributed by atoms with E-state index < -0.39 is 7.60 Å². The molecule has 2 N–H and O–H groups in total. The molecule has 0 spiro atoms. The molecule has 0 aliphatic heterocycles. The van der Waals surface area contributed by atoms with E-state index in [4.69, 9.17) is 14.5 Å². The van der Waals surface area contributed by atoms with E-state index in [2.05, 4.69) is 6.58 Å². The fraction of sp³-hybridized carbons (Fsp3) is 0.500. The summed E-state index contributed by atoms with van der Waals surface area (Å²) in [5.41, 5.74) is 0.251. The van der Waals surface area contributed by atoms with E-state index in [1.165, 1.54) is 0 Å². The van der Waals surface area contributed by atoms with Gasteiger partial charge < -0.3 is 14.5 Å². The predicted molar refractivity (Wildman–Crippen MR) is 42.9 cm³/mol. The largest absolute Gasteiger partial charge is 0.376 e. The van der Waals surface area contributed by atoms with Crippen LogP contribution in [0.2, 0.25) is 0 Å². The minimum absolute atomic E-state index is 0.0174. The fourth-order valence-electron chi connectivity index (χ4n) is 0.421. The molecule has 0 unspecified atom stereocenters. The van der Waals surface area contributed by atoms with Crippen LogP contribution in [-0.4, -0.2) is 35.4 Å². The number of ether oxygens (including phenoxy) is 1. The molecule has 0 aromatic carbocycles. The predicted octanol–water partition coefficient (Wildman–Crippen LogP) is -0.0642. The lowest BCUT2D eigenvalue weighted by Gasteiger charge is -2.03. The molecule has 0 aliphatic carbocycles. The first-order valence-corrected chi connectivity index (χ1v) is 5.01. The minimum atomic E-state index is -3.98. The Kier molecular flexibility index (Phi) is 5.01. The van der Waals surface area contributed by atoms with Crippen molar-refractivity contribution in [1.82, 2.24) is 0 Å². The Hall–Kier alpha value is -0.480. The molecule has 0 radical (unpaired) electrons. The van der Waals surface area contributed by atoms with Crippen LogP contribution in [0.25, 0.3) is 0 Å². The van der Waals surface area contributed by atoms with E-state index in [0.29, 0.717) is 6.29 Å². The second-order valence-electron chi connectivity index (χ2n) is 2.22. The van der Waals surface area contributed by atoms with Gasteiger partial charge in [0.05, 0.1) is 19.4 Å². The number of hydrogen-bond acceptors (Lipinski definition) is 3. The van der Waals surface area contributed by atoms with Gasteiger partial charge in [0.1, 0.15) is 6.29 Å². The molecular formula is C6H11O5P. The van der Waals surface area contributed by atoms with Crippen LogP contribution in [0.15, 0.2) is 12.2 Å². The van der Waals surface area contributed by atoms with Gasteiger partial charge in [-0.15, -0.1) is 0 Å². The third-order valence-electron chi connectivity index (χ3n) is 0.981. The molecule has 0 aromatic rings. The van der Waals surface area contributed by atoms with Crippen LogP contribution in [-0.2, 0) is 14.1 Å². The topological polar surface area (TPSA) is 83.8 Å². The third kappa shape index (κ3) is 7.63. The van der Waals surface area contributed by atoms with E-state index in [-0.39, 0.29) is 24.9 Å². The second-order valence-corrected chi connectivity index (χ2v) is 3.99. The van der Waals surface area contributed by atoms with Crippen molar-refractivity contribution < 1.29 is 23.9 Å². The molecule has 0 fully saturated rings. The zero-order valence-electron chi connectivity index (χ0n) is 6.47. The summed E-state index contributed by atoms with van der Waals surface area (Å²) in [7, 11) is -3.98. The van der Waals surface area contributed by atoms with E-state index in [1.807, 2.05) is 0 Å². The van der Waals surface area contributed by atoms with Gasteiger partial charge in [-0.2, -0.15) is 0 Å². The molecule has 0 atom stereocenters. The molecule has 6 heteroatoms. The third-order valence-corrected chi connectivity index (χ3v) is 1.75. The van der Waals surface area contributed by atoms with Crippen molar-refractivity contribution in [1.29, 1.82) is 0 Å². The van der Waals surface area contributed by atoms with Gasteiger partial charge in [0.2, 0.25) is 0 Å². The summed E-state index contributed by atoms with van der Waals surface area (Å²) in [6.07, 6.45) is 0.205. The van der Waals surface area contributed by atoms with Gasteiger partial charge in [0.15, 0.2) is 0 Å². The Labute approximate surface area is 70.2 Å². The summed E-state index contributed by atoms with van der Waals surface area (Å²) in [5, 5.41) is 0. The van der Waals surface area contributed by atoms with Crippen LogP contribution < -0.4 is 0 Å². The lowest BCUT2D eigenvalue weighted by molar-refractivity contribution is -0.105. The summed E-state index contributed by atoms with van der Waals surface area (Å²) in [6, 6.07) is 0. The van der Waals surface area contributed by atoms with Crippen LogP contribution in [0.4, 0.5) is 0 Å². The smallest absolute Gasteiger partial charge is 0.327 e. The monoisotopic (exact) mass is 194 g/mol. The van der Waals surface area contributed by atoms with Crippen molar-refractivity contribution >= 4 is 13.9 Å². The van der Waals surface area contributed by atoms with Crippen LogP contribution in [0.5, 0.6) is 0 Å². The highest BCUT2D eigenvalue weighted by molar-refractivity contribution is 7.51. The Bertz CT molecular complexity index is 206. The van der Waals surface area contributed by atoms with Gasteiger partial charge in [-0.1, -0.05) is 6.58 Å². The van der Waals surface area contributed by atoms with E-state index >= 15 is 0 Å². The standard InChI is InChI=1S/C6H11O5P/c1-6(4-7)5-11-2-3-12(8,9)10/h4H,1-3,5H2,(H2,8,9,10). The number of rotatable bonds is 6. The maximum atomic E-state index is 10.3. The van der Waals surface area contributed by atoms with E-state index in [9.17, 15) is 9.36 Å². The summed E-state index contributed by atoms with van der Waals surface area (Å²) >= 11 is 0. The van der Waals surface area contributed by atoms with Gasteiger partial charge in [-0.25, -0.2) is 0 Å². The van der Waals surface area contributed by atoms with Crippen LogP contribution in [0, 0.1) is 0 Å². The number of hydrogen-bond donors (Lipinski definition) is 2. The molecule has 5 nitrogen and oxygen atoms in total. The Morgan fingerprint density at radius 2 is 2.17 bits per heavy atom. The zero-order valence-corrected chi connectivity index (χ0v) is 7.37. The number of carbonyl (C=O) groups excluding carboxylic acids is 1. The van der Waals surface area contributed by atoms with Crippen molar-refractivity contribution in [3.05, 3.63) is 12.2 Å². The first-order valence-electron chi connectivity index (χ1n) is 3.21. The van der Waals surface area contributed by atoms with E-state index in [1.54, 1.807) is 0 Å². The van der Waals surface area contributed by atoms with Crippen molar-refractivity contribution in [2.45, 2.75) is 0 Å². The maximum Gasteiger partial charge on any atom is 0.327 e.